The Labute approximate surface area is 260 Å². The summed E-state index contributed by atoms with van der Waals surface area (Å²) in [6, 6.07) is 11.6. The molecule has 2 aliphatic heterocycles. The minimum atomic E-state index is -0.877. The molecule has 2 heterocycles. The Bertz CT molecular complexity index is 1280. The smallest absolute Gasteiger partial charge is 0.342 e. The molecule has 44 heavy (non-hydrogen) atoms. The van der Waals surface area contributed by atoms with Crippen LogP contribution in [0.25, 0.3) is 6.08 Å². The standard InChI is InChI=1S/C35H46O9/c1-23-12-18-29(36)33-31(43-35(3,4)44-33)11-7-10-28-26(9-8-20-40-21-25-13-16-27(39-6)17-14-25)15-19-30(41-22-38-5)32(28)34(37)42-24(23)2/h7,10,12-19,23-24,29,31,33,36H,8-9,11,20-22H2,1-6H3/b10-7+,18-12-/t23-,24+,29?,31+,33-/m1/s1. The number of aryl methyl sites for hydroxylation is 1. The third-order valence-corrected chi connectivity index (χ3v) is 7.85. The van der Waals surface area contributed by atoms with Crippen molar-refractivity contribution in [1.29, 1.82) is 0 Å². The molecular formula is C35H46O9. The Morgan fingerprint density at radius 1 is 1.02 bits per heavy atom. The molecular weight excluding hydrogens is 564 g/mol. The molecule has 1 N–H and O–H groups in total. The summed E-state index contributed by atoms with van der Waals surface area (Å²) < 4.78 is 40.4. The van der Waals surface area contributed by atoms with Crippen molar-refractivity contribution in [1.82, 2.24) is 0 Å². The van der Waals surface area contributed by atoms with Gasteiger partial charge in [0, 0.05) is 19.6 Å². The Balaban J connectivity index is 1.60. The van der Waals surface area contributed by atoms with Crippen LogP contribution in [-0.2, 0) is 36.7 Å². The van der Waals surface area contributed by atoms with Crippen LogP contribution in [0.2, 0.25) is 0 Å². The third-order valence-electron chi connectivity index (χ3n) is 7.85. The Morgan fingerprint density at radius 3 is 2.52 bits per heavy atom. The number of rotatable bonds is 10. The lowest BCUT2D eigenvalue weighted by molar-refractivity contribution is -0.152. The van der Waals surface area contributed by atoms with Crippen molar-refractivity contribution in [3.8, 4) is 11.5 Å². The molecule has 2 aromatic carbocycles. The topological polar surface area (TPSA) is 102 Å². The number of hydrogen-bond donors (Lipinski definition) is 1. The van der Waals surface area contributed by atoms with Gasteiger partial charge in [0.15, 0.2) is 12.6 Å². The number of carbonyl (C=O) groups is 1. The molecule has 0 amide bonds. The Kier molecular flexibility index (Phi) is 12.0. The molecule has 9 nitrogen and oxygen atoms in total. The molecule has 2 aromatic rings. The first-order valence-corrected chi connectivity index (χ1v) is 15.2. The van der Waals surface area contributed by atoms with E-state index in [0.717, 1.165) is 23.3 Å². The van der Waals surface area contributed by atoms with Crippen LogP contribution in [0.1, 0.15) is 67.6 Å². The van der Waals surface area contributed by atoms with Crippen molar-refractivity contribution in [2.24, 2.45) is 5.92 Å². The maximum absolute atomic E-state index is 13.7. The van der Waals surface area contributed by atoms with Gasteiger partial charge < -0.3 is 38.3 Å². The van der Waals surface area contributed by atoms with E-state index in [1.165, 1.54) is 7.11 Å². The summed E-state index contributed by atoms with van der Waals surface area (Å²) in [5, 5.41) is 11.0. The summed E-state index contributed by atoms with van der Waals surface area (Å²) in [5.41, 5.74) is 3.08. The van der Waals surface area contributed by atoms with Crippen molar-refractivity contribution < 1.29 is 43.1 Å². The second-order valence-corrected chi connectivity index (χ2v) is 11.7. The molecule has 0 saturated carbocycles. The molecule has 0 bridgehead atoms. The largest absolute Gasteiger partial charge is 0.497 e. The van der Waals surface area contributed by atoms with Gasteiger partial charge in [-0.1, -0.05) is 49.4 Å². The lowest BCUT2D eigenvalue weighted by atomic mass is 9.94. The molecule has 1 unspecified atom stereocenters. The van der Waals surface area contributed by atoms with Gasteiger partial charge in [0.2, 0.25) is 0 Å². The molecule has 9 heteroatoms. The fourth-order valence-electron chi connectivity index (χ4n) is 5.33. The highest BCUT2D eigenvalue weighted by Crippen LogP contribution is 2.34. The van der Waals surface area contributed by atoms with E-state index in [2.05, 4.69) is 0 Å². The Morgan fingerprint density at radius 2 is 1.80 bits per heavy atom. The summed E-state index contributed by atoms with van der Waals surface area (Å²) in [4.78, 5) is 13.7. The molecule has 2 aliphatic rings. The van der Waals surface area contributed by atoms with E-state index in [1.807, 2.05) is 76.3 Å². The molecule has 0 spiro atoms. The van der Waals surface area contributed by atoms with Crippen LogP contribution in [-0.4, -0.2) is 68.9 Å². The summed E-state index contributed by atoms with van der Waals surface area (Å²) in [6.07, 6.45) is 7.01. The molecule has 0 radical (unpaired) electrons. The number of carbonyl (C=O) groups excluding carboxylic acids is 1. The number of benzene rings is 2. The predicted octanol–water partition coefficient (Wildman–Crippen LogP) is 5.86. The summed E-state index contributed by atoms with van der Waals surface area (Å²) in [6.45, 7) is 8.48. The number of hydrogen-bond acceptors (Lipinski definition) is 9. The van der Waals surface area contributed by atoms with Crippen molar-refractivity contribution in [3.63, 3.8) is 0 Å². The van der Waals surface area contributed by atoms with Gasteiger partial charge in [-0.2, -0.15) is 0 Å². The maximum Gasteiger partial charge on any atom is 0.342 e. The molecule has 5 atom stereocenters. The van der Waals surface area contributed by atoms with Gasteiger partial charge in [-0.05, 0) is 74.9 Å². The zero-order chi connectivity index (χ0) is 31.7. The predicted molar refractivity (Wildman–Crippen MR) is 167 cm³/mol. The molecule has 0 aromatic heterocycles. The molecule has 1 fully saturated rings. The average molecular weight is 611 g/mol. The van der Waals surface area contributed by atoms with Crippen LogP contribution in [0.3, 0.4) is 0 Å². The maximum atomic E-state index is 13.7. The van der Waals surface area contributed by atoms with Crippen LogP contribution in [0.5, 0.6) is 11.5 Å². The number of aliphatic hydroxyl groups excluding tert-OH is 1. The monoisotopic (exact) mass is 610 g/mol. The van der Waals surface area contributed by atoms with Gasteiger partial charge >= 0.3 is 5.97 Å². The average Bonchev–Trinajstić information content (AvgIpc) is 3.32. The van der Waals surface area contributed by atoms with Gasteiger partial charge in [-0.25, -0.2) is 4.79 Å². The molecule has 240 valence electrons. The van der Waals surface area contributed by atoms with Crippen LogP contribution in [0.15, 0.2) is 54.6 Å². The number of fused-ring (bicyclic) bond motifs is 2. The minimum absolute atomic E-state index is 0.0153. The van der Waals surface area contributed by atoms with E-state index in [0.29, 0.717) is 42.9 Å². The van der Waals surface area contributed by atoms with Gasteiger partial charge in [-0.15, -0.1) is 0 Å². The number of cyclic esters (lactones) is 1. The second kappa shape index (κ2) is 15.7. The highest BCUT2D eigenvalue weighted by molar-refractivity contribution is 5.97. The van der Waals surface area contributed by atoms with Crippen LogP contribution in [0, 0.1) is 5.92 Å². The molecule has 1 saturated heterocycles. The Hall–Kier alpha value is -3.21. The SMILES string of the molecule is COCOc1ccc(CCCOCc2ccc(OC)cc2)c2c1C(=O)O[C@@H](C)[C@H](C)/C=C\C(O)[C@H]1OC(C)(C)O[C@H]1C/C=C/2. The van der Waals surface area contributed by atoms with Crippen molar-refractivity contribution in [2.45, 2.75) is 83.8 Å². The van der Waals surface area contributed by atoms with Gasteiger partial charge in [0.1, 0.15) is 35.4 Å². The number of ether oxygens (including phenoxy) is 7. The quantitative estimate of drug-likeness (QED) is 0.153. The van der Waals surface area contributed by atoms with E-state index in [1.54, 1.807) is 19.3 Å². The first-order chi connectivity index (χ1) is 21.1. The zero-order valence-corrected chi connectivity index (χ0v) is 26.6. The van der Waals surface area contributed by atoms with Gasteiger partial charge in [-0.3, -0.25) is 0 Å². The first-order valence-electron chi connectivity index (χ1n) is 15.2. The van der Waals surface area contributed by atoms with Gasteiger partial charge in [0.05, 0.1) is 19.8 Å². The van der Waals surface area contributed by atoms with Crippen molar-refractivity contribution in [2.75, 3.05) is 27.6 Å². The van der Waals surface area contributed by atoms with E-state index in [4.69, 9.17) is 33.2 Å². The van der Waals surface area contributed by atoms with Gasteiger partial charge in [0.25, 0.3) is 0 Å². The fourth-order valence-corrected chi connectivity index (χ4v) is 5.33. The van der Waals surface area contributed by atoms with Crippen LogP contribution < -0.4 is 9.47 Å². The summed E-state index contributed by atoms with van der Waals surface area (Å²) in [5.74, 6) is -0.299. The van der Waals surface area contributed by atoms with E-state index in [-0.39, 0.29) is 18.8 Å². The number of esters is 1. The van der Waals surface area contributed by atoms with Crippen molar-refractivity contribution in [3.05, 3.63) is 76.9 Å². The zero-order valence-electron chi connectivity index (χ0n) is 26.6. The molecule has 0 aliphatic carbocycles. The molecule has 4 rings (SSSR count). The lowest BCUT2D eigenvalue weighted by Crippen LogP contribution is -2.34. The fraction of sp³-hybridized carbons (Fsp3) is 0.514. The number of aliphatic hydroxyl groups is 1. The van der Waals surface area contributed by atoms with Crippen LogP contribution >= 0.6 is 0 Å². The van der Waals surface area contributed by atoms with E-state index in [9.17, 15) is 9.90 Å². The minimum Gasteiger partial charge on any atom is -0.497 e. The lowest BCUT2D eigenvalue weighted by Gasteiger charge is -2.23. The van der Waals surface area contributed by atoms with Crippen molar-refractivity contribution >= 4 is 12.0 Å². The second-order valence-electron chi connectivity index (χ2n) is 11.7. The first kappa shape index (κ1) is 33.7. The van der Waals surface area contributed by atoms with E-state index >= 15 is 0 Å². The summed E-state index contributed by atoms with van der Waals surface area (Å²) in [7, 11) is 3.18. The number of methoxy groups -OCH3 is 2. The highest BCUT2D eigenvalue weighted by Gasteiger charge is 2.43. The normalized spacial score (nSPS) is 26.5. The third kappa shape index (κ3) is 8.92. The van der Waals surface area contributed by atoms with E-state index < -0.39 is 30.1 Å². The van der Waals surface area contributed by atoms with Crippen LogP contribution in [0.4, 0.5) is 0 Å². The summed E-state index contributed by atoms with van der Waals surface area (Å²) >= 11 is 0. The highest BCUT2D eigenvalue weighted by atomic mass is 16.8.